The zero-order valence-electron chi connectivity index (χ0n) is 21.8. The van der Waals surface area contributed by atoms with Gasteiger partial charge in [0, 0.05) is 19.3 Å². The van der Waals surface area contributed by atoms with Crippen LogP contribution in [0, 0.1) is 5.92 Å². The molecule has 192 valence electrons. The highest BCUT2D eigenvalue weighted by atomic mass is 16.6. The number of pyridine rings is 1. The minimum Gasteiger partial charge on any atom is -0.460 e. The van der Waals surface area contributed by atoms with Crippen molar-refractivity contribution >= 4 is 17.1 Å². The first-order valence-electron chi connectivity index (χ1n) is 13.3. The second kappa shape index (κ2) is 10.7. The average molecular weight is 491 g/mol. The largest absolute Gasteiger partial charge is 0.460 e. The van der Waals surface area contributed by atoms with Crippen LogP contribution >= 0.6 is 0 Å². The number of esters is 1. The molecule has 7 heteroatoms. The van der Waals surface area contributed by atoms with Crippen molar-refractivity contribution in [3.63, 3.8) is 0 Å². The molecule has 2 atom stereocenters. The first-order valence-corrected chi connectivity index (χ1v) is 13.3. The number of hydrogen-bond donors (Lipinski definition) is 0. The lowest BCUT2D eigenvalue weighted by Gasteiger charge is -2.32. The van der Waals surface area contributed by atoms with E-state index in [1.807, 2.05) is 39.1 Å². The molecule has 2 aromatic heterocycles. The third-order valence-electron chi connectivity index (χ3n) is 7.28. The monoisotopic (exact) mass is 490 g/mol. The van der Waals surface area contributed by atoms with E-state index in [-0.39, 0.29) is 17.8 Å². The van der Waals surface area contributed by atoms with Gasteiger partial charge in [0.2, 0.25) is 0 Å². The summed E-state index contributed by atoms with van der Waals surface area (Å²) in [6.45, 7) is 10.7. The van der Waals surface area contributed by atoms with Crippen LogP contribution in [-0.2, 0) is 27.4 Å². The standard InChI is InChI=1S/C29H38N4O3/c1-29(2,3)36-28(34)24-8-5-4-7-23(24)22-12-10-21(11-13-22)19-33-26(20-32-15-17-35-18-16-32)31-25-9-6-14-30-27(25)33/h6,9-14,23-24H,4-5,7-8,15-20H2,1-3H3/t23-,24+/m0/s1. The summed E-state index contributed by atoms with van der Waals surface area (Å²) >= 11 is 0. The first-order chi connectivity index (χ1) is 17.4. The lowest BCUT2D eigenvalue weighted by Crippen LogP contribution is -2.36. The SMILES string of the molecule is CC(C)(C)OC(=O)[C@@H]1CCCC[C@H]1c1ccc(Cn2c(CN3CCOCC3)nc3cccnc32)cc1. The van der Waals surface area contributed by atoms with E-state index in [0.29, 0.717) is 6.54 Å². The summed E-state index contributed by atoms with van der Waals surface area (Å²) < 4.78 is 13.5. The molecule has 0 unspecified atom stereocenters. The van der Waals surface area contributed by atoms with Crippen LogP contribution in [0.4, 0.5) is 0 Å². The van der Waals surface area contributed by atoms with Gasteiger partial charge in [-0.2, -0.15) is 0 Å². The summed E-state index contributed by atoms with van der Waals surface area (Å²) in [5, 5.41) is 0. The highest BCUT2D eigenvalue weighted by Crippen LogP contribution is 2.39. The molecule has 1 aromatic carbocycles. The van der Waals surface area contributed by atoms with Crippen molar-refractivity contribution in [1.82, 2.24) is 19.4 Å². The molecule has 2 aliphatic rings. The predicted molar refractivity (Wildman–Crippen MR) is 140 cm³/mol. The number of hydrogen-bond acceptors (Lipinski definition) is 6. The molecule has 0 bridgehead atoms. The van der Waals surface area contributed by atoms with Gasteiger partial charge >= 0.3 is 5.97 Å². The maximum Gasteiger partial charge on any atom is 0.310 e. The topological polar surface area (TPSA) is 69.5 Å². The van der Waals surface area contributed by atoms with Gasteiger partial charge < -0.3 is 14.0 Å². The number of carbonyl (C=O) groups excluding carboxylic acids is 1. The van der Waals surface area contributed by atoms with E-state index < -0.39 is 5.60 Å². The lowest BCUT2D eigenvalue weighted by atomic mass is 9.75. The Labute approximate surface area is 213 Å². The van der Waals surface area contributed by atoms with E-state index in [0.717, 1.165) is 75.5 Å². The summed E-state index contributed by atoms with van der Waals surface area (Å²) in [7, 11) is 0. The molecule has 1 aliphatic carbocycles. The molecule has 3 aromatic rings. The van der Waals surface area contributed by atoms with Gasteiger partial charge in [0.15, 0.2) is 5.65 Å². The Kier molecular flexibility index (Phi) is 7.39. The van der Waals surface area contributed by atoms with Gasteiger partial charge in [-0.15, -0.1) is 0 Å². The minimum absolute atomic E-state index is 0.0556. The predicted octanol–water partition coefficient (Wildman–Crippen LogP) is 4.93. The van der Waals surface area contributed by atoms with Crippen molar-refractivity contribution in [2.45, 2.75) is 71.1 Å². The number of fused-ring (bicyclic) bond motifs is 1. The number of rotatable bonds is 6. The molecule has 0 N–H and O–H groups in total. The van der Waals surface area contributed by atoms with Crippen LogP contribution in [0.1, 0.15) is 69.3 Å². The number of aromatic nitrogens is 3. The Morgan fingerprint density at radius 1 is 1.06 bits per heavy atom. The van der Waals surface area contributed by atoms with E-state index in [9.17, 15) is 4.79 Å². The van der Waals surface area contributed by atoms with Crippen LogP contribution in [0.15, 0.2) is 42.6 Å². The maximum absolute atomic E-state index is 13.0. The molecular formula is C29H38N4O3. The van der Waals surface area contributed by atoms with Crippen LogP contribution in [0.3, 0.4) is 0 Å². The molecule has 0 spiro atoms. The Balaban J connectivity index is 1.35. The Morgan fingerprint density at radius 2 is 1.81 bits per heavy atom. The highest BCUT2D eigenvalue weighted by molar-refractivity contribution is 5.74. The molecule has 0 amide bonds. The minimum atomic E-state index is -0.455. The third kappa shape index (κ3) is 5.79. The second-order valence-electron chi connectivity index (χ2n) is 11.1. The normalized spacial score (nSPS) is 21.5. The molecule has 7 nitrogen and oxygen atoms in total. The number of imidazole rings is 1. The number of carbonyl (C=O) groups is 1. The van der Waals surface area contributed by atoms with E-state index in [4.69, 9.17) is 14.5 Å². The summed E-state index contributed by atoms with van der Waals surface area (Å²) in [5.41, 5.74) is 3.83. The number of benzene rings is 1. The Hall–Kier alpha value is -2.77. The molecule has 1 aliphatic heterocycles. The van der Waals surface area contributed by atoms with Crippen molar-refractivity contribution < 1.29 is 14.3 Å². The zero-order valence-corrected chi connectivity index (χ0v) is 21.8. The smallest absolute Gasteiger partial charge is 0.310 e. The van der Waals surface area contributed by atoms with Crippen LogP contribution in [-0.4, -0.2) is 57.3 Å². The Bertz CT molecular complexity index is 1180. The van der Waals surface area contributed by atoms with Gasteiger partial charge in [0.25, 0.3) is 0 Å². The number of ether oxygens (including phenoxy) is 2. The van der Waals surface area contributed by atoms with Gasteiger partial charge in [-0.1, -0.05) is 37.1 Å². The lowest BCUT2D eigenvalue weighted by molar-refractivity contribution is -0.161. The fraction of sp³-hybridized carbons (Fsp3) is 0.552. The molecule has 0 radical (unpaired) electrons. The second-order valence-corrected chi connectivity index (χ2v) is 11.1. The van der Waals surface area contributed by atoms with E-state index in [2.05, 4.69) is 38.7 Å². The molecular weight excluding hydrogens is 452 g/mol. The summed E-state index contributed by atoms with van der Waals surface area (Å²) in [5.74, 6) is 1.13. The van der Waals surface area contributed by atoms with E-state index in [1.165, 1.54) is 11.1 Å². The van der Waals surface area contributed by atoms with Gasteiger partial charge in [0.1, 0.15) is 16.9 Å². The summed E-state index contributed by atoms with van der Waals surface area (Å²) in [6.07, 6.45) is 6.01. The Morgan fingerprint density at radius 3 is 2.56 bits per heavy atom. The first kappa shape index (κ1) is 24.9. The van der Waals surface area contributed by atoms with Gasteiger partial charge in [0.05, 0.1) is 32.2 Å². The number of morpholine rings is 1. The van der Waals surface area contributed by atoms with Crippen molar-refractivity contribution in [3.8, 4) is 0 Å². The zero-order chi connectivity index (χ0) is 25.1. The molecule has 5 rings (SSSR count). The maximum atomic E-state index is 13.0. The van der Waals surface area contributed by atoms with Crippen LogP contribution < -0.4 is 0 Å². The fourth-order valence-corrected chi connectivity index (χ4v) is 5.49. The van der Waals surface area contributed by atoms with Gasteiger partial charge in [-0.25, -0.2) is 9.97 Å². The fourth-order valence-electron chi connectivity index (χ4n) is 5.49. The van der Waals surface area contributed by atoms with Crippen LogP contribution in [0.2, 0.25) is 0 Å². The summed E-state index contributed by atoms with van der Waals surface area (Å²) in [4.78, 5) is 24.9. The van der Waals surface area contributed by atoms with E-state index >= 15 is 0 Å². The molecule has 2 fully saturated rings. The number of nitrogens with zero attached hydrogens (tertiary/aromatic N) is 4. The molecule has 1 saturated heterocycles. The average Bonchev–Trinajstić information content (AvgIpc) is 3.21. The highest BCUT2D eigenvalue weighted by Gasteiger charge is 2.35. The van der Waals surface area contributed by atoms with Gasteiger partial charge in [-0.3, -0.25) is 9.69 Å². The van der Waals surface area contributed by atoms with Crippen molar-refractivity contribution in [2.24, 2.45) is 5.92 Å². The van der Waals surface area contributed by atoms with Crippen molar-refractivity contribution in [1.29, 1.82) is 0 Å². The van der Waals surface area contributed by atoms with Crippen LogP contribution in [0.25, 0.3) is 11.2 Å². The summed E-state index contributed by atoms with van der Waals surface area (Å²) in [6, 6.07) is 12.8. The van der Waals surface area contributed by atoms with Crippen molar-refractivity contribution in [3.05, 3.63) is 59.5 Å². The molecule has 36 heavy (non-hydrogen) atoms. The third-order valence-corrected chi connectivity index (χ3v) is 7.28. The molecule has 3 heterocycles. The quantitative estimate of drug-likeness (QED) is 0.457. The van der Waals surface area contributed by atoms with Crippen LogP contribution in [0.5, 0.6) is 0 Å². The van der Waals surface area contributed by atoms with Crippen molar-refractivity contribution in [2.75, 3.05) is 26.3 Å². The molecule has 1 saturated carbocycles. The van der Waals surface area contributed by atoms with Gasteiger partial charge in [-0.05, 0) is 62.8 Å². The van der Waals surface area contributed by atoms with E-state index in [1.54, 1.807) is 0 Å².